The van der Waals surface area contributed by atoms with Crippen molar-refractivity contribution < 1.29 is 28.5 Å². The van der Waals surface area contributed by atoms with E-state index in [-0.39, 0.29) is 41.8 Å². The smallest absolute Gasteiger partial charge is 0.331 e. The van der Waals surface area contributed by atoms with Crippen molar-refractivity contribution in [3.05, 3.63) is 34.5 Å². The number of hydrogen-bond acceptors (Lipinski definition) is 6. The zero-order chi connectivity index (χ0) is 25.8. The van der Waals surface area contributed by atoms with Gasteiger partial charge in [-0.3, -0.25) is 0 Å². The highest BCUT2D eigenvalue weighted by Gasteiger charge is 2.52. The lowest BCUT2D eigenvalue weighted by molar-refractivity contribution is -0.158. The largest absolute Gasteiger partial charge is 0.454 e. The number of hydrogen-bond donors (Lipinski definition) is 1. The molecule has 0 unspecified atom stereocenters. The Labute approximate surface area is 220 Å². The van der Waals surface area contributed by atoms with E-state index in [1.807, 2.05) is 36.2 Å². The number of esters is 1. The molecule has 0 aromatic rings. The predicted octanol–water partition coefficient (Wildman–Crippen LogP) is 6.05. The molecule has 2 heterocycles. The summed E-state index contributed by atoms with van der Waals surface area (Å²) in [4.78, 5) is 11.9. The van der Waals surface area contributed by atoms with E-state index in [0.29, 0.717) is 12.8 Å². The lowest BCUT2D eigenvalue weighted by Gasteiger charge is -2.40. The van der Waals surface area contributed by atoms with Crippen LogP contribution in [0.15, 0.2) is 34.5 Å². The molecular weight excluding hydrogens is 563 g/mol. The first-order valence-corrected chi connectivity index (χ1v) is 16.4. The monoisotopic (exact) mass is 606 g/mol. The van der Waals surface area contributed by atoms with Crippen LogP contribution >= 0.6 is 22.6 Å². The molecule has 0 aromatic heterocycles. The number of aliphatic hydroxyl groups is 1. The van der Waals surface area contributed by atoms with Crippen LogP contribution in [0, 0.1) is 5.92 Å². The summed E-state index contributed by atoms with van der Waals surface area (Å²) in [6.07, 6.45) is 10.2. The third-order valence-corrected chi connectivity index (χ3v) is 12.0. The van der Waals surface area contributed by atoms with Crippen molar-refractivity contribution in [2.75, 3.05) is 6.61 Å². The van der Waals surface area contributed by atoms with Crippen LogP contribution in [0.1, 0.15) is 60.8 Å². The maximum atomic E-state index is 11.9. The van der Waals surface area contributed by atoms with E-state index in [9.17, 15) is 9.90 Å². The minimum absolute atomic E-state index is 0.0578. The fraction of sp³-hybridized carbons (Fsp3) is 0.731. The highest BCUT2D eigenvalue weighted by atomic mass is 127. The summed E-state index contributed by atoms with van der Waals surface area (Å²) in [6, 6.07) is 0. The topological polar surface area (TPSA) is 74.2 Å². The number of aliphatic hydroxyl groups excluding tert-OH is 1. The maximum absolute atomic E-state index is 11.9. The summed E-state index contributed by atoms with van der Waals surface area (Å²) in [5, 5.41) is 10.1. The number of halogens is 1. The molecular formula is C26H43IO6Si. The van der Waals surface area contributed by atoms with Gasteiger partial charge in [0.05, 0.1) is 12.2 Å². The third-order valence-electron chi connectivity index (χ3n) is 7.09. The predicted molar refractivity (Wildman–Crippen MR) is 146 cm³/mol. The van der Waals surface area contributed by atoms with Crippen LogP contribution in [-0.4, -0.2) is 55.7 Å². The van der Waals surface area contributed by atoms with Gasteiger partial charge in [-0.05, 0) is 48.6 Å². The van der Waals surface area contributed by atoms with Crippen LogP contribution in [0.5, 0.6) is 0 Å². The second-order valence-electron chi connectivity index (χ2n) is 11.2. The van der Waals surface area contributed by atoms with Gasteiger partial charge in [0.1, 0.15) is 11.7 Å². The Bertz CT molecular complexity index is 785. The minimum Gasteiger partial charge on any atom is -0.454 e. The molecule has 5 atom stereocenters. The highest BCUT2D eigenvalue weighted by Crippen LogP contribution is 2.44. The number of carbonyl (C=O) groups is 1. The molecule has 8 heteroatoms. The first kappa shape index (κ1) is 29.7. The Kier molecular flexibility index (Phi) is 10.2. The fourth-order valence-electron chi connectivity index (χ4n) is 4.24. The van der Waals surface area contributed by atoms with Gasteiger partial charge in [0.15, 0.2) is 14.1 Å². The van der Waals surface area contributed by atoms with Gasteiger partial charge < -0.3 is 23.7 Å². The van der Waals surface area contributed by atoms with E-state index in [1.165, 1.54) is 6.08 Å². The number of ether oxygens (including phenoxy) is 3. The molecule has 0 radical (unpaired) electrons. The van der Waals surface area contributed by atoms with Gasteiger partial charge in [-0.2, -0.15) is 0 Å². The average Bonchev–Trinajstić information content (AvgIpc) is 2.95. The molecule has 0 amide bonds. The van der Waals surface area contributed by atoms with Gasteiger partial charge in [-0.25, -0.2) is 4.79 Å². The van der Waals surface area contributed by atoms with Crippen LogP contribution in [-0.2, 0) is 23.4 Å². The van der Waals surface area contributed by atoms with Crippen molar-refractivity contribution in [2.45, 2.75) is 109 Å². The van der Waals surface area contributed by atoms with Gasteiger partial charge in [0, 0.05) is 31.4 Å². The molecule has 0 aliphatic carbocycles. The number of cyclic esters (lactones) is 1. The third kappa shape index (κ3) is 7.49. The van der Waals surface area contributed by atoms with Gasteiger partial charge in [0.2, 0.25) is 0 Å². The minimum atomic E-state index is -2.03. The van der Waals surface area contributed by atoms with E-state index in [0.717, 1.165) is 6.42 Å². The lowest BCUT2D eigenvalue weighted by atomic mass is 9.87. The van der Waals surface area contributed by atoms with Gasteiger partial charge in [-0.15, -0.1) is 0 Å². The standard InChI is InChI=1S/C26H43IO6Si/c1-9-19-10-11-23(29)30-21(19)12-14-26(15-17-28)22(31-25(5,6)33-26)18-20(13-16-27)32-34(7,8)24(2,3)4/h10-14,16,19-22,28H,9,15,17-18H2,1-8H3/b14-12+,16-13-/t19-,20-,21-,22+,26-/m0/s1. The summed E-state index contributed by atoms with van der Waals surface area (Å²) < 4.78 is 27.2. The molecule has 2 rings (SSSR count). The zero-order valence-corrected chi connectivity index (χ0v) is 25.1. The molecule has 2 aliphatic heterocycles. The second kappa shape index (κ2) is 11.7. The second-order valence-corrected chi connectivity index (χ2v) is 16.7. The van der Waals surface area contributed by atoms with Gasteiger partial charge in [0.25, 0.3) is 0 Å². The summed E-state index contributed by atoms with van der Waals surface area (Å²) >= 11 is 2.22. The number of carbonyl (C=O) groups excluding carboxylic acids is 1. The summed E-state index contributed by atoms with van der Waals surface area (Å²) in [5.74, 6) is -1.07. The normalized spacial score (nSPS) is 30.9. The summed E-state index contributed by atoms with van der Waals surface area (Å²) in [7, 11) is -2.03. The van der Waals surface area contributed by atoms with Crippen LogP contribution < -0.4 is 0 Å². The fourth-order valence-corrected chi connectivity index (χ4v) is 5.99. The molecule has 6 nitrogen and oxygen atoms in total. The molecule has 2 aliphatic rings. The quantitative estimate of drug-likeness (QED) is 0.141. The van der Waals surface area contributed by atoms with E-state index >= 15 is 0 Å². The molecule has 194 valence electrons. The van der Waals surface area contributed by atoms with Crippen molar-refractivity contribution >= 4 is 36.9 Å². The lowest BCUT2D eigenvalue weighted by Crippen LogP contribution is -2.46. The first-order valence-electron chi connectivity index (χ1n) is 12.2. The Morgan fingerprint density at radius 2 is 2.00 bits per heavy atom. The van der Waals surface area contributed by atoms with E-state index in [2.05, 4.69) is 69.5 Å². The molecule has 1 N–H and O–H groups in total. The first-order chi connectivity index (χ1) is 15.7. The molecule has 0 aromatic carbocycles. The van der Waals surface area contributed by atoms with Crippen molar-refractivity contribution in [1.29, 1.82) is 0 Å². The SMILES string of the molecule is CC[C@H]1C=CC(=O)O[C@H]1/C=C/[C@@]1(CCO)OC(C)(C)O[C@@H]1C[C@H](/C=C\I)O[Si](C)(C)C(C)(C)C. The van der Waals surface area contributed by atoms with Crippen molar-refractivity contribution in [3.63, 3.8) is 0 Å². The summed E-state index contributed by atoms with van der Waals surface area (Å²) in [6.45, 7) is 17.0. The van der Waals surface area contributed by atoms with Crippen LogP contribution in [0.3, 0.4) is 0 Å². The Hall–Kier alpha value is -0.523. The Morgan fingerprint density at radius 1 is 1.32 bits per heavy atom. The summed E-state index contributed by atoms with van der Waals surface area (Å²) in [5.41, 5.74) is -0.863. The Balaban J connectivity index is 2.37. The van der Waals surface area contributed by atoms with Crippen LogP contribution in [0.25, 0.3) is 0 Å². The average molecular weight is 607 g/mol. The van der Waals surface area contributed by atoms with Crippen molar-refractivity contribution in [1.82, 2.24) is 0 Å². The van der Waals surface area contributed by atoms with Gasteiger partial charge >= 0.3 is 5.97 Å². The van der Waals surface area contributed by atoms with Gasteiger partial charge in [-0.1, -0.05) is 68.5 Å². The molecule has 1 saturated heterocycles. The molecule has 0 spiro atoms. The molecule has 34 heavy (non-hydrogen) atoms. The van der Waals surface area contributed by atoms with Crippen molar-refractivity contribution in [3.8, 4) is 0 Å². The molecule has 1 fully saturated rings. The van der Waals surface area contributed by atoms with E-state index < -0.39 is 19.7 Å². The highest BCUT2D eigenvalue weighted by molar-refractivity contribution is 14.1. The van der Waals surface area contributed by atoms with E-state index in [1.54, 1.807) is 0 Å². The van der Waals surface area contributed by atoms with E-state index in [4.69, 9.17) is 18.6 Å². The van der Waals surface area contributed by atoms with Crippen LogP contribution in [0.4, 0.5) is 0 Å². The Morgan fingerprint density at radius 3 is 2.56 bits per heavy atom. The molecule has 0 bridgehead atoms. The maximum Gasteiger partial charge on any atom is 0.331 e. The van der Waals surface area contributed by atoms with Crippen LogP contribution in [0.2, 0.25) is 18.1 Å². The number of rotatable bonds is 10. The van der Waals surface area contributed by atoms with Crippen molar-refractivity contribution in [2.24, 2.45) is 5.92 Å². The zero-order valence-electron chi connectivity index (χ0n) is 22.0. The molecule has 0 saturated carbocycles.